The standard InChI is InChI=1S/C51H30N4O/c1-2-12-33(13-3-1)49-52-50(37-23-21-31-11-4-5-14-34(31)27-37)54-51(53-49)38-24-22-32-25-26-46-47(40(32)29-38)48-43(19-10-20-45(48)56-46)55-42-18-9-8-17-39(42)41-28-35-15-6-7-16-36(35)30-44(41)55/h1-30H. The minimum Gasteiger partial charge on any atom is -0.456 e. The van der Waals surface area contributed by atoms with Crippen molar-refractivity contribution in [1.29, 1.82) is 0 Å². The lowest BCUT2D eigenvalue weighted by Crippen LogP contribution is -2.00. The van der Waals surface area contributed by atoms with Gasteiger partial charge < -0.3 is 8.98 Å². The molecule has 0 radical (unpaired) electrons. The van der Waals surface area contributed by atoms with E-state index in [1.54, 1.807) is 0 Å². The molecule has 9 aromatic carbocycles. The molecule has 5 nitrogen and oxygen atoms in total. The minimum absolute atomic E-state index is 0.614. The maximum absolute atomic E-state index is 6.67. The first kappa shape index (κ1) is 30.8. The van der Waals surface area contributed by atoms with Gasteiger partial charge in [-0.1, -0.05) is 133 Å². The molecule has 12 rings (SSSR count). The van der Waals surface area contributed by atoms with Crippen LogP contribution in [0.4, 0.5) is 0 Å². The van der Waals surface area contributed by atoms with Crippen molar-refractivity contribution in [3.63, 3.8) is 0 Å². The van der Waals surface area contributed by atoms with E-state index in [9.17, 15) is 0 Å². The highest BCUT2D eigenvalue weighted by atomic mass is 16.3. The Morgan fingerprint density at radius 2 is 0.946 bits per heavy atom. The monoisotopic (exact) mass is 714 g/mol. The lowest BCUT2D eigenvalue weighted by molar-refractivity contribution is 0.669. The van der Waals surface area contributed by atoms with Crippen LogP contribution >= 0.6 is 0 Å². The van der Waals surface area contributed by atoms with E-state index >= 15 is 0 Å². The highest BCUT2D eigenvalue weighted by Crippen LogP contribution is 2.42. The molecule has 260 valence electrons. The zero-order chi connectivity index (χ0) is 36.7. The number of fused-ring (bicyclic) bond motifs is 10. The second-order valence-corrected chi connectivity index (χ2v) is 14.4. The average Bonchev–Trinajstić information content (AvgIpc) is 3.81. The van der Waals surface area contributed by atoms with Crippen molar-refractivity contribution in [3.05, 3.63) is 182 Å². The molecule has 0 aliphatic rings. The van der Waals surface area contributed by atoms with Gasteiger partial charge in [-0.25, -0.2) is 15.0 Å². The number of aromatic nitrogens is 4. The number of hydrogen-bond donors (Lipinski definition) is 0. The molecule has 0 aliphatic carbocycles. The molecule has 3 heterocycles. The van der Waals surface area contributed by atoms with E-state index in [1.165, 1.54) is 26.9 Å². The number of rotatable bonds is 4. The Balaban J connectivity index is 1.12. The van der Waals surface area contributed by atoms with E-state index < -0.39 is 0 Å². The van der Waals surface area contributed by atoms with E-state index in [0.29, 0.717) is 17.5 Å². The molecule has 3 aromatic heterocycles. The number of para-hydroxylation sites is 1. The Kier molecular flexibility index (Phi) is 6.56. The molecule has 0 aliphatic heterocycles. The molecular formula is C51H30N4O. The zero-order valence-electron chi connectivity index (χ0n) is 30.0. The molecule has 0 N–H and O–H groups in total. The van der Waals surface area contributed by atoms with Crippen LogP contribution in [-0.4, -0.2) is 19.5 Å². The Morgan fingerprint density at radius 3 is 1.75 bits per heavy atom. The first-order valence-corrected chi connectivity index (χ1v) is 18.8. The summed E-state index contributed by atoms with van der Waals surface area (Å²) in [7, 11) is 0. The number of benzene rings is 9. The van der Waals surface area contributed by atoms with Crippen molar-refractivity contribution < 1.29 is 4.42 Å². The van der Waals surface area contributed by atoms with Crippen molar-refractivity contribution in [2.45, 2.75) is 0 Å². The van der Waals surface area contributed by atoms with Gasteiger partial charge >= 0.3 is 0 Å². The first-order chi connectivity index (χ1) is 27.7. The largest absolute Gasteiger partial charge is 0.456 e. The van der Waals surface area contributed by atoms with Crippen LogP contribution in [0.1, 0.15) is 0 Å². The Labute approximate surface area is 320 Å². The van der Waals surface area contributed by atoms with Crippen LogP contribution in [0.5, 0.6) is 0 Å². The topological polar surface area (TPSA) is 56.7 Å². The van der Waals surface area contributed by atoms with Crippen LogP contribution in [-0.2, 0) is 0 Å². The van der Waals surface area contributed by atoms with Gasteiger partial charge in [-0.3, -0.25) is 0 Å². The van der Waals surface area contributed by atoms with Gasteiger partial charge in [-0.05, 0) is 80.8 Å². The summed E-state index contributed by atoms with van der Waals surface area (Å²) in [6, 6.07) is 63.9. The van der Waals surface area contributed by atoms with Crippen molar-refractivity contribution in [2.24, 2.45) is 0 Å². The fourth-order valence-corrected chi connectivity index (χ4v) is 8.54. The van der Waals surface area contributed by atoms with E-state index in [2.05, 4.69) is 156 Å². The summed E-state index contributed by atoms with van der Waals surface area (Å²) in [6.45, 7) is 0. The Hall–Kier alpha value is -7.63. The average molecular weight is 715 g/mol. The van der Waals surface area contributed by atoms with Crippen molar-refractivity contribution in [2.75, 3.05) is 0 Å². The van der Waals surface area contributed by atoms with Gasteiger partial charge in [0.05, 0.1) is 22.1 Å². The molecule has 0 saturated heterocycles. The summed E-state index contributed by atoms with van der Waals surface area (Å²) >= 11 is 0. The van der Waals surface area contributed by atoms with E-state index in [-0.39, 0.29) is 0 Å². The van der Waals surface area contributed by atoms with E-state index in [0.717, 1.165) is 71.5 Å². The van der Waals surface area contributed by atoms with Crippen LogP contribution < -0.4 is 0 Å². The molecule has 0 amide bonds. The lowest BCUT2D eigenvalue weighted by atomic mass is 10.00. The molecular weight excluding hydrogens is 685 g/mol. The van der Waals surface area contributed by atoms with Gasteiger partial charge in [0.15, 0.2) is 17.5 Å². The number of hydrogen-bond acceptors (Lipinski definition) is 4. The summed E-state index contributed by atoms with van der Waals surface area (Å²) in [5.74, 6) is 1.88. The summed E-state index contributed by atoms with van der Waals surface area (Å²) in [5.41, 5.74) is 7.84. The molecule has 12 aromatic rings. The molecule has 0 unspecified atom stereocenters. The minimum atomic E-state index is 0.614. The SMILES string of the molecule is c1ccc(-c2nc(-c3ccc4ccccc4c3)nc(-c3ccc4ccc5oc6cccc(-n7c8ccccc8c8cc9ccccc9cc87)c6c5c4c3)n2)cc1. The summed E-state index contributed by atoms with van der Waals surface area (Å²) in [5, 5.41) is 11.5. The summed E-state index contributed by atoms with van der Waals surface area (Å²) < 4.78 is 9.08. The van der Waals surface area contributed by atoms with Crippen molar-refractivity contribution >= 4 is 76.1 Å². The molecule has 0 atom stereocenters. The van der Waals surface area contributed by atoms with Crippen LogP contribution in [0.3, 0.4) is 0 Å². The van der Waals surface area contributed by atoms with Crippen LogP contribution in [0.25, 0.3) is 116 Å². The van der Waals surface area contributed by atoms with Gasteiger partial charge in [0.1, 0.15) is 11.2 Å². The second kappa shape index (κ2) is 11.9. The fraction of sp³-hybridized carbons (Fsp3) is 0. The van der Waals surface area contributed by atoms with Gasteiger partial charge in [0, 0.05) is 32.8 Å². The highest BCUT2D eigenvalue weighted by Gasteiger charge is 2.21. The molecule has 5 heteroatoms. The number of nitrogens with zero attached hydrogens (tertiary/aromatic N) is 4. The maximum Gasteiger partial charge on any atom is 0.164 e. The van der Waals surface area contributed by atoms with Crippen molar-refractivity contribution in [3.8, 4) is 39.9 Å². The highest BCUT2D eigenvalue weighted by molar-refractivity contribution is 6.23. The normalized spacial score (nSPS) is 11.9. The van der Waals surface area contributed by atoms with Crippen LogP contribution in [0.15, 0.2) is 186 Å². The Morgan fingerprint density at radius 1 is 0.339 bits per heavy atom. The van der Waals surface area contributed by atoms with E-state index in [1.807, 2.05) is 30.3 Å². The Bertz CT molecular complexity index is 3540. The first-order valence-electron chi connectivity index (χ1n) is 18.8. The zero-order valence-corrected chi connectivity index (χ0v) is 30.0. The van der Waals surface area contributed by atoms with Crippen molar-refractivity contribution in [1.82, 2.24) is 19.5 Å². The van der Waals surface area contributed by atoms with Crippen LogP contribution in [0, 0.1) is 0 Å². The third-order valence-electron chi connectivity index (χ3n) is 11.2. The maximum atomic E-state index is 6.67. The molecule has 0 spiro atoms. The predicted octanol–water partition coefficient (Wildman–Crippen LogP) is 13.3. The third-order valence-corrected chi connectivity index (χ3v) is 11.2. The molecule has 0 fully saturated rings. The van der Waals surface area contributed by atoms with Gasteiger partial charge in [0.25, 0.3) is 0 Å². The summed E-state index contributed by atoms with van der Waals surface area (Å²) in [4.78, 5) is 15.3. The van der Waals surface area contributed by atoms with Gasteiger partial charge in [0.2, 0.25) is 0 Å². The third kappa shape index (κ3) is 4.71. The molecule has 0 bridgehead atoms. The van der Waals surface area contributed by atoms with Crippen LogP contribution in [0.2, 0.25) is 0 Å². The molecule has 0 saturated carbocycles. The van der Waals surface area contributed by atoms with Gasteiger partial charge in [-0.2, -0.15) is 0 Å². The smallest absolute Gasteiger partial charge is 0.164 e. The number of furan rings is 1. The molecule has 56 heavy (non-hydrogen) atoms. The summed E-state index contributed by atoms with van der Waals surface area (Å²) in [6.07, 6.45) is 0. The van der Waals surface area contributed by atoms with Gasteiger partial charge in [-0.15, -0.1) is 0 Å². The fourth-order valence-electron chi connectivity index (χ4n) is 8.54. The predicted molar refractivity (Wildman–Crippen MR) is 230 cm³/mol. The lowest BCUT2D eigenvalue weighted by Gasteiger charge is -2.11. The van der Waals surface area contributed by atoms with E-state index in [4.69, 9.17) is 19.4 Å². The quantitative estimate of drug-likeness (QED) is 0.182. The second-order valence-electron chi connectivity index (χ2n) is 14.4.